The molecular formula is C9H9BrN4S2. The second kappa shape index (κ2) is 5.03. The minimum Gasteiger partial charge on any atom is -0.250 e. The molecule has 0 aromatic carbocycles. The summed E-state index contributed by atoms with van der Waals surface area (Å²) in [5.74, 6) is 0.830. The number of aromatic amines is 1. The second-order valence-corrected chi connectivity index (χ2v) is 5.88. The average Bonchev–Trinajstić information content (AvgIpc) is 2.82. The van der Waals surface area contributed by atoms with E-state index in [0.717, 1.165) is 20.9 Å². The van der Waals surface area contributed by atoms with Gasteiger partial charge in [0.15, 0.2) is 5.82 Å². The van der Waals surface area contributed by atoms with E-state index in [0.29, 0.717) is 4.77 Å². The van der Waals surface area contributed by atoms with Crippen LogP contribution in [0.4, 0.5) is 0 Å². The summed E-state index contributed by atoms with van der Waals surface area (Å²) in [6, 6.07) is 3.98. The highest BCUT2D eigenvalue weighted by molar-refractivity contribution is 9.11. The van der Waals surface area contributed by atoms with Crippen LogP contribution in [-0.2, 0) is 6.42 Å². The highest BCUT2D eigenvalue weighted by Gasteiger charge is 2.01. The zero-order valence-electron chi connectivity index (χ0n) is 8.48. The third kappa shape index (κ3) is 2.47. The molecule has 4 nitrogen and oxygen atoms in total. The topological polar surface area (TPSA) is 46.0 Å². The number of halogens is 1. The Labute approximate surface area is 110 Å². The number of aromatic nitrogens is 3. The van der Waals surface area contributed by atoms with Crippen molar-refractivity contribution in [3.63, 3.8) is 0 Å². The number of nitrogens with zero attached hydrogens (tertiary/aromatic N) is 3. The van der Waals surface area contributed by atoms with Gasteiger partial charge in [-0.05, 0) is 40.3 Å². The molecule has 2 rings (SSSR count). The summed E-state index contributed by atoms with van der Waals surface area (Å²) < 4.78 is 3.24. The fourth-order valence-corrected chi connectivity index (χ4v) is 2.67. The second-order valence-electron chi connectivity index (χ2n) is 3.00. The standard InChI is InChI=1S/C9H9BrN4S2/c1-2-8-12-13-9(15)14(8)11-5-6-3-4-7(10)16-6/h3-5H,2H2,1H3,(H,13,15)/b11-5-. The van der Waals surface area contributed by atoms with Crippen molar-refractivity contribution >= 4 is 45.7 Å². The molecule has 0 amide bonds. The number of aryl methyl sites for hydroxylation is 1. The van der Waals surface area contributed by atoms with Gasteiger partial charge in [-0.1, -0.05) is 6.92 Å². The number of hydrogen-bond acceptors (Lipinski definition) is 4. The lowest BCUT2D eigenvalue weighted by Crippen LogP contribution is -1.96. The summed E-state index contributed by atoms with van der Waals surface area (Å²) in [5, 5.41) is 11.1. The normalized spacial score (nSPS) is 11.4. The lowest BCUT2D eigenvalue weighted by atomic mass is 10.5. The van der Waals surface area contributed by atoms with Crippen LogP contribution in [0.5, 0.6) is 0 Å². The number of rotatable bonds is 3. The minimum atomic E-state index is 0.517. The Morgan fingerprint density at radius 3 is 3.12 bits per heavy atom. The van der Waals surface area contributed by atoms with Crippen LogP contribution in [0.1, 0.15) is 17.6 Å². The maximum atomic E-state index is 5.09. The van der Waals surface area contributed by atoms with Gasteiger partial charge in [-0.25, -0.2) is 0 Å². The van der Waals surface area contributed by atoms with Gasteiger partial charge >= 0.3 is 0 Å². The molecule has 0 radical (unpaired) electrons. The molecule has 0 aliphatic carbocycles. The van der Waals surface area contributed by atoms with Gasteiger partial charge < -0.3 is 0 Å². The number of hydrogen-bond donors (Lipinski definition) is 1. The molecule has 1 N–H and O–H groups in total. The van der Waals surface area contributed by atoms with E-state index in [1.807, 2.05) is 19.1 Å². The number of thiophene rings is 1. The summed E-state index contributed by atoms with van der Waals surface area (Å²) in [6.45, 7) is 2.01. The van der Waals surface area contributed by atoms with Crippen molar-refractivity contribution in [1.82, 2.24) is 14.9 Å². The molecule has 2 aromatic heterocycles. The summed E-state index contributed by atoms with van der Waals surface area (Å²) in [5.41, 5.74) is 0. The molecule has 2 heterocycles. The molecule has 2 aromatic rings. The third-order valence-corrected chi connectivity index (χ3v) is 3.75. The van der Waals surface area contributed by atoms with Gasteiger partial charge in [-0.2, -0.15) is 14.9 Å². The molecule has 84 valence electrons. The van der Waals surface area contributed by atoms with Crippen LogP contribution < -0.4 is 0 Å². The predicted molar refractivity (Wildman–Crippen MR) is 71.8 cm³/mol. The van der Waals surface area contributed by atoms with Gasteiger partial charge in [0.25, 0.3) is 0 Å². The lowest BCUT2D eigenvalue weighted by molar-refractivity contribution is 0.780. The van der Waals surface area contributed by atoms with E-state index in [4.69, 9.17) is 12.2 Å². The summed E-state index contributed by atoms with van der Waals surface area (Å²) in [4.78, 5) is 1.07. The molecule has 16 heavy (non-hydrogen) atoms. The Morgan fingerprint density at radius 1 is 1.69 bits per heavy atom. The zero-order valence-corrected chi connectivity index (χ0v) is 11.7. The van der Waals surface area contributed by atoms with Crippen molar-refractivity contribution in [2.24, 2.45) is 5.10 Å². The first kappa shape index (κ1) is 11.7. The molecule has 0 aliphatic rings. The van der Waals surface area contributed by atoms with E-state index >= 15 is 0 Å². The quantitative estimate of drug-likeness (QED) is 0.698. The molecule has 0 unspecified atom stereocenters. The maximum absolute atomic E-state index is 5.09. The largest absolute Gasteiger partial charge is 0.250 e. The summed E-state index contributed by atoms with van der Waals surface area (Å²) in [6.07, 6.45) is 2.57. The van der Waals surface area contributed by atoms with E-state index < -0.39 is 0 Å². The first-order chi connectivity index (χ1) is 7.70. The van der Waals surface area contributed by atoms with E-state index in [-0.39, 0.29) is 0 Å². The smallest absolute Gasteiger partial charge is 0.216 e. The predicted octanol–water partition coefficient (Wildman–Crippen LogP) is 3.21. The third-order valence-electron chi connectivity index (χ3n) is 1.93. The van der Waals surface area contributed by atoms with Crippen molar-refractivity contribution in [3.05, 3.63) is 31.4 Å². The molecule has 0 saturated carbocycles. The fraction of sp³-hybridized carbons (Fsp3) is 0.222. The molecular weight excluding hydrogens is 308 g/mol. The number of H-pyrrole nitrogens is 1. The molecule has 0 fully saturated rings. The zero-order chi connectivity index (χ0) is 11.5. The SMILES string of the molecule is CCc1n[nH]c(=S)n1/N=C\c1ccc(Br)s1. The van der Waals surface area contributed by atoms with Gasteiger partial charge in [0, 0.05) is 11.3 Å². The van der Waals surface area contributed by atoms with Crippen LogP contribution in [0.3, 0.4) is 0 Å². The molecule has 0 atom stereocenters. The van der Waals surface area contributed by atoms with Crippen molar-refractivity contribution in [1.29, 1.82) is 0 Å². The van der Waals surface area contributed by atoms with Crippen LogP contribution in [0.25, 0.3) is 0 Å². The molecule has 0 aliphatic heterocycles. The van der Waals surface area contributed by atoms with E-state index in [9.17, 15) is 0 Å². The molecule has 0 bridgehead atoms. The molecule has 7 heteroatoms. The Kier molecular flexibility index (Phi) is 3.67. The van der Waals surface area contributed by atoms with Gasteiger partial charge in [-0.15, -0.1) is 11.3 Å². The van der Waals surface area contributed by atoms with Crippen LogP contribution in [0.15, 0.2) is 21.0 Å². The number of nitrogens with one attached hydrogen (secondary N) is 1. The molecule has 0 spiro atoms. The highest BCUT2D eigenvalue weighted by Crippen LogP contribution is 2.20. The average molecular weight is 317 g/mol. The van der Waals surface area contributed by atoms with Crippen LogP contribution in [-0.4, -0.2) is 21.1 Å². The minimum absolute atomic E-state index is 0.517. The fourth-order valence-electron chi connectivity index (χ4n) is 1.18. The summed E-state index contributed by atoms with van der Waals surface area (Å²) in [7, 11) is 0. The van der Waals surface area contributed by atoms with Crippen molar-refractivity contribution < 1.29 is 0 Å². The monoisotopic (exact) mass is 316 g/mol. The van der Waals surface area contributed by atoms with Gasteiger partial charge in [0.1, 0.15) is 0 Å². The van der Waals surface area contributed by atoms with Gasteiger partial charge in [-0.3, -0.25) is 5.10 Å². The first-order valence-electron chi connectivity index (χ1n) is 4.66. The van der Waals surface area contributed by atoms with Crippen molar-refractivity contribution in [2.75, 3.05) is 0 Å². The van der Waals surface area contributed by atoms with Crippen molar-refractivity contribution in [3.8, 4) is 0 Å². The van der Waals surface area contributed by atoms with E-state index in [1.54, 1.807) is 22.2 Å². The Bertz CT molecular complexity index is 566. The Balaban J connectivity index is 2.29. The molecule has 0 saturated heterocycles. The van der Waals surface area contributed by atoms with Gasteiger partial charge in [0.2, 0.25) is 4.77 Å². The first-order valence-corrected chi connectivity index (χ1v) is 6.68. The van der Waals surface area contributed by atoms with E-state index in [1.165, 1.54) is 0 Å². The lowest BCUT2D eigenvalue weighted by Gasteiger charge is -1.94. The van der Waals surface area contributed by atoms with E-state index in [2.05, 4.69) is 31.2 Å². The Hall–Kier alpha value is -0.790. The summed E-state index contributed by atoms with van der Waals surface area (Å²) >= 11 is 10.1. The Morgan fingerprint density at radius 2 is 2.50 bits per heavy atom. The van der Waals surface area contributed by atoms with Crippen LogP contribution >= 0.6 is 39.5 Å². The maximum Gasteiger partial charge on any atom is 0.216 e. The highest BCUT2D eigenvalue weighted by atomic mass is 79.9. The van der Waals surface area contributed by atoms with Crippen molar-refractivity contribution in [2.45, 2.75) is 13.3 Å². The van der Waals surface area contributed by atoms with Crippen LogP contribution in [0, 0.1) is 4.77 Å². The van der Waals surface area contributed by atoms with Gasteiger partial charge in [0.05, 0.1) is 10.0 Å². The van der Waals surface area contributed by atoms with Crippen LogP contribution in [0.2, 0.25) is 0 Å².